The molecule has 4 rings (SSSR count). The number of hydrogen-bond donors (Lipinski definition) is 2. The van der Waals surface area contributed by atoms with E-state index in [1.54, 1.807) is 4.68 Å². The van der Waals surface area contributed by atoms with Crippen molar-refractivity contribution in [3.05, 3.63) is 59.6 Å². The lowest BCUT2D eigenvalue weighted by Gasteiger charge is -2.24. The number of rotatable bonds is 1. The average molecular weight is 298 g/mol. The zero-order valence-corrected chi connectivity index (χ0v) is 11.7. The topological polar surface area (TPSA) is 50.1 Å². The summed E-state index contributed by atoms with van der Waals surface area (Å²) in [5.74, 6) is 0. The van der Waals surface area contributed by atoms with Crippen molar-refractivity contribution in [2.75, 3.05) is 5.32 Å². The van der Waals surface area contributed by atoms with Gasteiger partial charge >= 0.3 is 0 Å². The van der Waals surface area contributed by atoms with Crippen LogP contribution < -0.4 is 5.32 Å². The van der Waals surface area contributed by atoms with E-state index in [4.69, 9.17) is 11.6 Å². The van der Waals surface area contributed by atoms with Crippen molar-refractivity contribution in [1.29, 1.82) is 0 Å². The summed E-state index contributed by atoms with van der Waals surface area (Å²) in [6.07, 6.45) is -0.865. The molecule has 2 heterocycles. The zero-order valence-electron chi connectivity index (χ0n) is 11.0. The zero-order chi connectivity index (χ0) is 14.4. The van der Waals surface area contributed by atoms with Crippen molar-refractivity contribution in [2.45, 2.75) is 6.35 Å². The van der Waals surface area contributed by atoms with Crippen LogP contribution in [-0.2, 0) is 0 Å². The molecule has 0 saturated heterocycles. The Bertz CT molecular complexity index is 811. The third kappa shape index (κ3) is 2.00. The molecule has 5 heteroatoms. The molecule has 0 radical (unpaired) electrons. The minimum absolute atomic E-state index is 0.690. The lowest BCUT2D eigenvalue weighted by molar-refractivity contribution is 0.120. The Labute approximate surface area is 126 Å². The van der Waals surface area contributed by atoms with Crippen molar-refractivity contribution in [2.24, 2.45) is 0 Å². The van der Waals surface area contributed by atoms with Crippen molar-refractivity contribution >= 4 is 17.3 Å². The SMILES string of the molecule is OC1Nc2ccccc2-c2cc(-c3ccc(Cl)cc3)nn21. The Kier molecular flexibility index (Phi) is 2.74. The molecule has 0 saturated carbocycles. The third-order valence-electron chi connectivity index (χ3n) is 3.59. The summed E-state index contributed by atoms with van der Waals surface area (Å²) < 4.78 is 1.59. The Morgan fingerprint density at radius 1 is 1.10 bits per heavy atom. The maximum absolute atomic E-state index is 10.2. The minimum Gasteiger partial charge on any atom is -0.355 e. The van der Waals surface area contributed by atoms with E-state index >= 15 is 0 Å². The standard InChI is InChI=1S/C16H12ClN3O/c17-11-7-5-10(6-8-11)14-9-15-12-3-1-2-4-13(12)18-16(21)20(15)19-14/h1-9,16,18,21H. The van der Waals surface area contributed by atoms with Gasteiger partial charge in [-0.3, -0.25) is 0 Å². The molecule has 2 aromatic carbocycles. The van der Waals surface area contributed by atoms with Crippen LogP contribution in [0.5, 0.6) is 0 Å². The Balaban J connectivity index is 1.87. The molecule has 21 heavy (non-hydrogen) atoms. The molecule has 1 atom stereocenters. The highest BCUT2D eigenvalue weighted by Gasteiger charge is 2.23. The van der Waals surface area contributed by atoms with Crippen LogP contribution in [0.4, 0.5) is 5.69 Å². The van der Waals surface area contributed by atoms with E-state index in [1.807, 2.05) is 54.6 Å². The van der Waals surface area contributed by atoms with Crippen molar-refractivity contribution in [3.8, 4) is 22.5 Å². The number of nitrogens with one attached hydrogen (secondary N) is 1. The summed E-state index contributed by atoms with van der Waals surface area (Å²) in [4.78, 5) is 0. The maximum atomic E-state index is 10.2. The van der Waals surface area contributed by atoms with E-state index in [9.17, 15) is 5.11 Å². The first-order chi connectivity index (χ1) is 10.2. The predicted molar refractivity (Wildman–Crippen MR) is 83.0 cm³/mol. The summed E-state index contributed by atoms with van der Waals surface area (Å²) in [6.45, 7) is 0. The van der Waals surface area contributed by atoms with Gasteiger partial charge in [0.1, 0.15) is 0 Å². The van der Waals surface area contributed by atoms with Crippen LogP contribution in [0, 0.1) is 0 Å². The highest BCUT2D eigenvalue weighted by molar-refractivity contribution is 6.30. The van der Waals surface area contributed by atoms with E-state index in [0.717, 1.165) is 28.2 Å². The van der Waals surface area contributed by atoms with E-state index in [1.165, 1.54) is 0 Å². The van der Waals surface area contributed by atoms with E-state index in [2.05, 4.69) is 10.4 Å². The molecular weight excluding hydrogens is 286 g/mol. The average Bonchev–Trinajstić information content (AvgIpc) is 2.94. The van der Waals surface area contributed by atoms with E-state index in [0.29, 0.717) is 5.02 Å². The van der Waals surface area contributed by atoms with Gasteiger partial charge in [-0.05, 0) is 24.3 Å². The molecule has 4 nitrogen and oxygen atoms in total. The quantitative estimate of drug-likeness (QED) is 0.719. The minimum atomic E-state index is -0.865. The van der Waals surface area contributed by atoms with Crippen LogP contribution in [0.1, 0.15) is 6.35 Å². The van der Waals surface area contributed by atoms with Gasteiger partial charge in [-0.25, -0.2) is 4.68 Å². The molecule has 3 aromatic rings. The lowest BCUT2D eigenvalue weighted by Crippen LogP contribution is -2.23. The van der Waals surface area contributed by atoms with Crippen LogP contribution in [0.2, 0.25) is 5.02 Å². The van der Waals surface area contributed by atoms with Gasteiger partial charge in [0, 0.05) is 21.8 Å². The number of hydrogen-bond acceptors (Lipinski definition) is 3. The fraction of sp³-hybridized carbons (Fsp3) is 0.0625. The highest BCUT2D eigenvalue weighted by atomic mass is 35.5. The fourth-order valence-electron chi connectivity index (χ4n) is 2.58. The molecular formula is C16H12ClN3O. The Morgan fingerprint density at radius 2 is 1.86 bits per heavy atom. The van der Waals surface area contributed by atoms with Crippen LogP contribution in [0.25, 0.3) is 22.5 Å². The first-order valence-corrected chi connectivity index (χ1v) is 7.00. The van der Waals surface area contributed by atoms with Crippen LogP contribution >= 0.6 is 11.6 Å². The summed E-state index contributed by atoms with van der Waals surface area (Å²) in [7, 11) is 0. The van der Waals surface area contributed by atoms with Gasteiger partial charge < -0.3 is 10.4 Å². The Hall–Kier alpha value is -2.30. The predicted octanol–water partition coefficient (Wildman–Crippen LogP) is 3.74. The van der Waals surface area contributed by atoms with Crippen molar-refractivity contribution in [3.63, 3.8) is 0 Å². The van der Waals surface area contributed by atoms with Gasteiger partial charge in [-0.1, -0.05) is 41.9 Å². The van der Waals surface area contributed by atoms with Gasteiger partial charge in [-0.15, -0.1) is 0 Å². The summed E-state index contributed by atoms with van der Waals surface area (Å²) >= 11 is 5.91. The molecule has 1 aromatic heterocycles. The highest BCUT2D eigenvalue weighted by Crippen LogP contribution is 2.37. The largest absolute Gasteiger partial charge is 0.355 e. The molecule has 1 aliphatic heterocycles. The molecule has 2 N–H and O–H groups in total. The van der Waals surface area contributed by atoms with Crippen molar-refractivity contribution < 1.29 is 5.11 Å². The first kappa shape index (κ1) is 12.4. The number of halogens is 1. The monoisotopic (exact) mass is 297 g/mol. The normalized spacial score (nSPS) is 16.0. The molecule has 0 bridgehead atoms. The van der Waals surface area contributed by atoms with Gasteiger partial charge in [-0.2, -0.15) is 5.10 Å². The second kappa shape index (κ2) is 4.62. The number of aromatic nitrogens is 2. The fourth-order valence-corrected chi connectivity index (χ4v) is 2.70. The summed E-state index contributed by atoms with van der Waals surface area (Å²) in [5, 5.41) is 18.4. The van der Waals surface area contributed by atoms with Gasteiger partial charge in [0.15, 0.2) is 0 Å². The summed E-state index contributed by atoms with van der Waals surface area (Å²) in [5.41, 5.74) is 4.59. The number of benzene rings is 2. The molecule has 1 unspecified atom stereocenters. The van der Waals surface area contributed by atoms with Crippen molar-refractivity contribution in [1.82, 2.24) is 9.78 Å². The van der Waals surface area contributed by atoms with Gasteiger partial charge in [0.05, 0.1) is 11.4 Å². The number of para-hydroxylation sites is 1. The second-order valence-electron chi connectivity index (χ2n) is 4.93. The number of aliphatic hydroxyl groups is 1. The second-order valence-corrected chi connectivity index (χ2v) is 5.37. The van der Waals surface area contributed by atoms with Gasteiger partial charge in [0.2, 0.25) is 6.35 Å². The van der Waals surface area contributed by atoms with E-state index < -0.39 is 6.35 Å². The molecule has 0 spiro atoms. The first-order valence-electron chi connectivity index (χ1n) is 6.62. The lowest BCUT2D eigenvalue weighted by atomic mass is 10.1. The molecule has 0 aliphatic carbocycles. The number of fused-ring (bicyclic) bond motifs is 3. The van der Waals surface area contributed by atoms with E-state index in [-0.39, 0.29) is 0 Å². The molecule has 0 fully saturated rings. The Morgan fingerprint density at radius 3 is 2.67 bits per heavy atom. The van der Waals surface area contributed by atoms with Crippen LogP contribution in [-0.4, -0.2) is 14.9 Å². The number of anilines is 1. The number of nitrogens with zero attached hydrogens (tertiary/aromatic N) is 2. The molecule has 0 amide bonds. The maximum Gasteiger partial charge on any atom is 0.225 e. The smallest absolute Gasteiger partial charge is 0.225 e. The summed E-state index contributed by atoms with van der Waals surface area (Å²) in [6, 6.07) is 17.3. The third-order valence-corrected chi connectivity index (χ3v) is 3.85. The molecule has 104 valence electrons. The van der Waals surface area contributed by atoms with Crippen LogP contribution in [0.15, 0.2) is 54.6 Å². The van der Waals surface area contributed by atoms with Gasteiger partial charge in [0.25, 0.3) is 0 Å². The number of aliphatic hydroxyl groups excluding tert-OH is 1. The van der Waals surface area contributed by atoms with Crippen LogP contribution in [0.3, 0.4) is 0 Å². The molecule has 1 aliphatic rings.